The number of anilines is 1. The Morgan fingerprint density at radius 2 is 2.05 bits per heavy atom. The molecule has 0 aliphatic carbocycles. The van der Waals surface area contributed by atoms with Crippen LogP contribution in [0.2, 0.25) is 0 Å². The third kappa shape index (κ3) is 2.87. The Morgan fingerprint density at radius 3 is 2.90 bits per heavy atom. The number of rotatable bonds is 5. The Morgan fingerprint density at radius 1 is 1.14 bits per heavy atom. The quantitative estimate of drug-likeness (QED) is 0.722. The third-order valence-electron chi connectivity index (χ3n) is 3.58. The zero-order chi connectivity index (χ0) is 14.7. The highest BCUT2D eigenvalue weighted by Gasteiger charge is 2.06. The van der Waals surface area contributed by atoms with Crippen LogP contribution in [0.1, 0.15) is 18.1 Å². The number of benzene rings is 2. The predicted octanol–water partition coefficient (Wildman–Crippen LogP) is 4.49. The van der Waals surface area contributed by atoms with E-state index in [2.05, 4.69) is 59.7 Å². The summed E-state index contributed by atoms with van der Waals surface area (Å²) in [6.07, 6.45) is 1.98. The summed E-state index contributed by atoms with van der Waals surface area (Å²) in [6.45, 7) is 5.52. The van der Waals surface area contributed by atoms with Crippen molar-refractivity contribution in [1.29, 1.82) is 0 Å². The van der Waals surface area contributed by atoms with Gasteiger partial charge in [-0.1, -0.05) is 24.3 Å². The SMILES string of the molecule is CCOc1cc(C)ccc1NCc1cccc2cc[nH]c12. The van der Waals surface area contributed by atoms with Gasteiger partial charge in [0.2, 0.25) is 0 Å². The largest absolute Gasteiger partial charge is 0.492 e. The smallest absolute Gasteiger partial charge is 0.142 e. The molecule has 0 bridgehead atoms. The number of nitrogens with one attached hydrogen (secondary N) is 2. The maximum Gasteiger partial charge on any atom is 0.142 e. The van der Waals surface area contributed by atoms with Crippen molar-refractivity contribution < 1.29 is 4.74 Å². The van der Waals surface area contributed by atoms with Gasteiger partial charge in [0.25, 0.3) is 0 Å². The van der Waals surface area contributed by atoms with Gasteiger partial charge in [-0.15, -0.1) is 0 Å². The lowest BCUT2D eigenvalue weighted by Crippen LogP contribution is -2.03. The van der Waals surface area contributed by atoms with Crippen molar-refractivity contribution in [3.8, 4) is 5.75 Å². The molecule has 0 fully saturated rings. The second kappa shape index (κ2) is 5.92. The molecule has 0 spiro atoms. The maximum absolute atomic E-state index is 5.71. The van der Waals surface area contributed by atoms with E-state index < -0.39 is 0 Å². The molecule has 0 saturated carbocycles. The summed E-state index contributed by atoms with van der Waals surface area (Å²) in [4.78, 5) is 3.30. The number of hydrogen-bond donors (Lipinski definition) is 2. The molecular formula is C18H20N2O. The maximum atomic E-state index is 5.71. The number of fused-ring (bicyclic) bond motifs is 1. The molecule has 3 rings (SSSR count). The van der Waals surface area contributed by atoms with Crippen LogP contribution >= 0.6 is 0 Å². The lowest BCUT2D eigenvalue weighted by Gasteiger charge is -2.13. The number of ether oxygens (including phenoxy) is 1. The van der Waals surface area contributed by atoms with Gasteiger partial charge in [-0.2, -0.15) is 0 Å². The summed E-state index contributed by atoms with van der Waals surface area (Å²) in [7, 11) is 0. The van der Waals surface area contributed by atoms with Gasteiger partial charge >= 0.3 is 0 Å². The van der Waals surface area contributed by atoms with Gasteiger partial charge in [0.1, 0.15) is 5.75 Å². The zero-order valence-electron chi connectivity index (χ0n) is 12.4. The van der Waals surface area contributed by atoms with Crippen LogP contribution in [0.15, 0.2) is 48.7 Å². The molecule has 0 unspecified atom stereocenters. The average Bonchev–Trinajstić information content (AvgIpc) is 2.96. The predicted molar refractivity (Wildman–Crippen MR) is 88.0 cm³/mol. The lowest BCUT2D eigenvalue weighted by molar-refractivity contribution is 0.341. The van der Waals surface area contributed by atoms with Crippen molar-refractivity contribution in [2.24, 2.45) is 0 Å². The van der Waals surface area contributed by atoms with Gasteiger partial charge in [0, 0.05) is 12.7 Å². The fourth-order valence-electron chi connectivity index (χ4n) is 2.54. The number of para-hydroxylation sites is 1. The minimum atomic E-state index is 0.671. The molecule has 0 atom stereocenters. The minimum Gasteiger partial charge on any atom is -0.492 e. The van der Waals surface area contributed by atoms with E-state index in [0.717, 1.165) is 18.0 Å². The number of H-pyrrole nitrogens is 1. The molecule has 0 radical (unpaired) electrons. The molecule has 2 aromatic carbocycles. The highest BCUT2D eigenvalue weighted by Crippen LogP contribution is 2.27. The van der Waals surface area contributed by atoms with Crippen molar-refractivity contribution in [2.75, 3.05) is 11.9 Å². The molecule has 3 heteroatoms. The molecule has 3 aromatic rings. The fourth-order valence-corrected chi connectivity index (χ4v) is 2.54. The summed E-state index contributed by atoms with van der Waals surface area (Å²) < 4.78 is 5.71. The average molecular weight is 280 g/mol. The van der Waals surface area contributed by atoms with Crippen molar-refractivity contribution in [1.82, 2.24) is 4.98 Å². The summed E-state index contributed by atoms with van der Waals surface area (Å²) in [5.41, 5.74) is 4.68. The highest BCUT2D eigenvalue weighted by molar-refractivity contribution is 5.82. The number of aromatic nitrogens is 1. The molecule has 0 saturated heterocycles. The Bertz CT molecular complexity index is 746. The van der Waals surface area contributed by atoms with Crippen molar-refractivity contribution in [2.45, 2.75) is 20.4 Å². The first-order valence-corrected chi connectivity index (χ1v) is 7.30. The Labute approximate surface area is 125 Å². The number of aromatic amines is 1. The monoisotopic (exact) mass is 280 g/mol. The summed E-state index contributed by atoms with van der Waals surface area (Å²) in [5, 5.41) is 4.72. The highest BCUT2D eigenvalue weighted by atomic mass is 16.5. The van der Waals surface area contributed by atoms with Crippen LogP contribution in [-0.4, -0.2) is 11.6 Å². The van der Waals surface area contributed by atoms with Crippen LogP contribution in [-0.2, 0) is 6.54 Å². The molecule has 1 aromatic heterocycles. The van der Waals surface area contributed by atoms with Crippen LogP contribution in [0.4, 0.5) is 5.69 Å². The van der Waals surface area contributed by atoms with Crippen LogP contribution < -0.4 is 10.1 Å². The molecule has 3 nitrogen and oxygen atoms in total. The normalized spacial score (nSPS) is 10.8. The van der Waals surface area contributed by atoms with Gasteiger partial charge < -0.3 is 15.0 Å². The van der Waals surface area contributed by atoms with E-state index in [-0.39, 0.29) is 0 Å². The van der Waals surface area contributed by atoms with E-state index in [4.69, 9.17) is 4.74 Å². The van der Waals surface area contributed by atoms with Crippen LogP contribution in [0, 0.1) is 6.92 Å². The van der Waals surface area contributed by atoms with Crippen LogP contribution in [0.3, 0.4) is 0 Å². The fraction of sp³-hybridized carbons (Fsp3) is 0.222. The van der Waals surface area contributed by atoms with E-state index in [1.807, 2.05) is 13.1 Å². The lowest BCUT2D eigenvalue weighted by atomic mass is 10.1. The number of hydrogen-bond acceptors (Lipinski definition) is 2. The van der Waals surface area contributed by atoms with Gasteiger partial charge in [-0.3, -0.25) is 0 Å². The first kappa shape index (κ1) is 13.6. The van der Waals surface area contributed by atoms with Gasteiger partial charge in [0.15, 0.2) is 0 Å². The molecule has 0 aliphatic heterocycles. The van der Waals surface area contributed by atoms with E-state index in [1.54, 1.807) is 0 Å². The first-order chi connectivity index (χ1) is 10.3. The zero-order valence-corrected chi connectivity index (χ0v) is 12.4. The molecular weight excluding hydrogens is 260 g/mol. The Balaban J connectivity index is 1.83. The minimum absolute atomic E-state index is 0.671. The molecule has 0 amide bonds. The Hall–Kier alpha value is -2.42. The van der Waals surface area contributed by atoms with Crippen LogP contribution in [0.25, 0.3) is 10.9 Å². The molecule has 108 valence electrons. The first-order valence-electron chi connectivity index (χ1n) is 7.30. The summed E-state index contributed by atoms with van der Waals surface area (Å²) in [6, 6.07) is 14.7. The third-order valence-corrected chi connectivity index (χ3v) is 3.58. The van der Waals surface area contributed by atoms with Gasteiger partial charge in [-0.25, -0.2) is 0 Å². The molecule has 21 heavy (non-hydrogen) atoms. The van der Waals surface area contributed by atoms with E-state index in [0.29, 0.717) is 6.61 Å². The summed E-state index contributed by atoms with van der Waals surface area (Å²) >= 11 is 0. The topological polar surface area (TPSA) is 37.0 Å². The van der Waals surface area contributed by atoms with Crippen molar-refractivity contribution in [3.63, 3.8) is 0 Å². The summed E-state index contributed by atoms with van der Waals surface area (Å²) in [5.74, 6) is 0.913. The van der Waals surface area contributed by atoms with E-state index in [1.165, 1.54) is 22.0 Å². The standard InChI is InChI=1S/C18H20N2O/c1-3-21-17-11-13(2)7-8-16(17)20-12-15-6-4-5-14-9-10-19-18(14)15/h4-11,19-20H,3,12H2,1-2H3. The second-order valence-electron chi connectivity index (χ2n) is 5.15. The van der Waals surface area contributed by atoms with Crippen molar-refractivity contribution in [3.05, 3.63) is 59.8 Å². The van der Waals surface area contributed by atoms with Gasteiger partial charge in [0.05, 0.1) is 17.8 Å². The number of aryl methyl sites for hydroxylation is 1. The van der Waals surface area contributed by atoms with Crippen LogP contribution in [0.5, 0.6) is 5.75 Å². The van der Waals surface area contributed by atoms with Gasteiger partial charge in [-0.05, 0) is 48.6 Å². The van der Waals surface area contributed by atoms with E-state index in [9.17, 15) is 0 Å². The molecule has 0 aliphatic rings. The van der Waals surface area contributed by atoms with E-state index >= 15 is 0 Å². The second-order valence-corrected chi connectivity index (χ2v) is 5.15. The molecule has 2 N–H and O–H groups in total. The Kier molecular flexibility index (Phi) is 3.82. The molecule has 1 heterocycles. The van der Waals surface area contributed by atoms with Crippen molar-refractivity contribution >= 4 is 16.6 Å².